The minimum absolute atomic E-state index is 0.00977. The minimum atomic E-state index is -0.00977. The van der Waals surface area contributed by atoms with Crippen LogP contribution < -0.4 is 5.73 Å². The number of amides is 1. The fourth-order valence-corrected chi connectivity index (χ4v) is 2.64. The van der Waals surface area contributed by atoms with Gasteiger partial charge in [0.15, 0.2) is 0 Å². The molecule has 1 fully saturated rings. The van der Waals surface area contributed by atoms with E-state index in [-0.39, 0.29) is 5.91 Å². The molecule has 1 saturated heterocycles. The van der Waals surface area contributed by atoms with Crippen LogP contribution in [0.3, 0.4) is 0 Å². The minimum Gasteiger partial charge on any atom is -0.383 e. The molecule has 98 valence electrons. The zero-order chi connectivity index (χ0) is 13.3. The molecule has 1 aliphatic heterocycles. The van der Waals surface area contributed by atoms with E-state index in [1.54, 1.807) is 12.3 Å². The molecule has 18 heavy (non-hydrogen) atoms. The van der Waals surface area contributed by atoms with Crippen LogP contribution in [-0.2, 0) is 0 Å². The summed E-state index contributed by atoms with van der Waals surface area (Å²) in [5, 5.41) is 0. The standard InChI is InChI=1S/C13H18BrN3O/c1-8(2)9-3-4-17(7-9)13(18)11-5-10(14)6-16-12(11)15/h5-6,8-9H,3-4,7H2,1-2H3,(H2,15,16). The molecule has 5 heteroatoms. The summed E-state index contributed by atoms with van der Waals surface area (Å²) in [6.45, 7) is 6.04. The molecular formula is C13H18BrN3O. The van der Waals surface area contributed by atoms with E-state index in [2.05, 4.69) is 34.8 Å². The van der Waals surface area contributed by atoms with Crippen LogP contribution in [0.2, 0.25) is 0 Å². The molecule has 0 aromatic carbocycles. The molecule has 1 aromatic rings. The Balaban J connectivity index is 2.15. The maximum absolute atomic E-state index is 12.4. The third-order valence-corrected chi connectivity index (χ3v) is 4.00. The van der Waals surface area contributed by atoms with Gasteiger partial charge in [0.25, 0.3) is 5.91 Å². The Morgan fingerprint density at radius 1 is 1.61 bits per heavy atom. The van der Waals surface area contributed by atoms with Crippen molar-refractivity contribution in [2.24, 2.45) is 11.8 Å². The third-order valence-electron chi connectivity index (χ3n) is 3.57. The molecule has 1 unspecified atom stereocenters. The highest BCUT2D eigenvalue weighted by molar-refractivity contribution is 9.10. The summed E-state index contributed by atoms with van der Waals surface area (Å²) >= 11 is 3.32. The van der Waals surface area contributed by atoms with Crippen molar-refractivity contribution in [3.05, 3.63) is 22.3 Å². The van der Waals surface area contributed by atoms with Crippen LogP contribution in [-0.4, -0.2) is 28.9 Å². The summed E-state index contributed by atoms with van der Waals surface area (Å²) in [6, 6.07) is 1.74. The van der Waals surface area contributed by atoms with Crippen molar-refractivity contribution in [3.8, 4) is 0 Å². The first-order valence-corrected chi connectivity index (χ1v) is 6.98. The van der Waals surface area contributed by atoms with Gasteiger partial charge >= 0.3 is 0 Å². The highest BCUT2D eigenvalue weighted by Crippen LogP contribution is 2.26. The number of rotatable bonds is 2. The number of halogens is 1. The molecule has 0 aliphatic carbocycles. The number of hydrogen-bond donors (Lipinski definition) is 1. The molecule has 2 rings (SSSR count). The van der Waals surface area contributed by atoms with E-state index >= 15 is 0 Å². The van der Waals surface area contributed by atoms with Gasteiger partial charge in [0.2, 0.25) is 0 Å². The van der Waals surface area contributed by atoms with E-state index in [0.29, 0.717) is 23.2 Å². The van der Waals surface area contributed by atoms with Crippen LogP contribution in [0.25, 0.3) is 0 Å². The molecule has 1 aromatic heterocycles. The number of likely N-dealkylation sites (tertiary alicyclic amines) is 1. The number of nitrogens with zero attached hydrogens (tertiary/aromatic N) is 2. The Hall–Kier alpha value is -1.10. The molecule has 2 heterocycles. The lowest BCUT2D eigenvalue weighted by atomic mass is 9.95. The number of aromatic nitrogens is 1. The van der Waals surface area contributed by atoms with Gasteiger partial charge in [0, 0.05) is 23.8 Å². The second-order valence-corrected chi connectivity index (χ2v) is 6.05. The van der Waals surface area contributed by atoms with Crippen LogP contribution in [0, 0.1) is 11.8 Å². The monoisotopic (exact) mass is 311 g/mol. The van der Waals surface area contributed by atoms with Gasteiger partial charge in [-0.3, -0.25) is 4.79 Å². The Labute approximate surface area is 116 Å². The first-order chi connectivity index (χ1) is 8.49. The van der Waals surface area contributed by atoms with Crippen LogP contribution in [0.4, 0.5) is 5.82 Å². The lowest BCUT2D eigenvalue weighted by Gasteiger charge is -2.18. The highest BCUT2D eigenvalue weighted by Gasteiger charge is 2.29. The number of pyridine rings is 1. The van der Waals surface area contributed by atoms with E-state index in [1.807, 2.05) is 4.90 Å². The van der Waals surface area contributed by atoms with E-state index < -0.39 is 0 Å². The van der Waals surface area contributed by atoms with Gasteiger partial charge in [0.1, 0.15) is 5.82 Å². The second kappa shape index (κ2) is 5.26. The number of anilines is 1. The quantitative estimate of drug-likeness (QED) is 0.913. The topological polar surface area (TPSA) is 59.2 Å². The van der Waals surface area contributed by atoms with Crippen LogP contribution in [0.15, 0.2) is 16.7 Å². The Kier molecular flexibility index (Phi) is 3.90. The normalized spacial score (nSPS) is 19.6. The largest absolute Gasteiger partial charge is 0.383 e. The SMILES string of the molecule is CC(C)C1CCN(C(=O)c2cc(Br)cnc2N)C1. The maximum Gasteiger partial charge on any atom is 0.257 e. The van der Waals surface area contributed by atoms with Gasteiger partial charge < -0.3 is 10.6 Å². The van der Waals surface area contributed by atoms with E-state index in [4.69, 9.17) is 5.73 Å². The van der Waals surface area contributed by atoms with Gasteiger partial charge in [-0.1, -0.05) is 13.8 Å². The predicted molar refractivity (Wildman–Crippen MR) is 75.2 cm³/mol. The molecule has 0 bridgehead atoms. The first kappa shape index (κ1) is 13.3. The Morgan fingerprint density at radius 2 is 2.33 bits per heavy atom. The van der Waals surface area contributed by atoms with Gasteiger partial charge in [-0.25, -0.2) is 4.98 Å². The summed E-state index contributed by atoms with van der Waals surface area (Å²) in [6.07, 6.45) is 2.68. The van der Waals surface area contributed by atoms with Gasteiger partial charge in [0.05, 0.1) is 5.56 Å². The van der Waals surface area contributed by atoms with Crippen LogP contribution in [0.5, 0.6) is 0 Å². The zero-order valence-corrected chi connectivity index (χ0v) is 12.3. The Bertz CT molecular complexity index is 462. The van der Waals surface area contributed by atoms with E-state index in [9.17, 15) is 4.79 Å². The molecular weight excluding hydrogens is 294 g/mol. The van der Waals surface area contributed by atoms with Crippen molar-refractivity contribution in [1.82, 2.24) is 9.88 Å². The average Bonchev–Trinajstić information content (AvgIpc) is 2.81. The second-order valence-electron chi connectivity index (χ2n) is 5.13. The van der Waals surface area contributed by atoms with Gasteiger partial charge in [-0.15, -0.1) is 0 Å². The molecule has 0 radical (unpaired) electrons. The molecule has 1 atom stereocenters. The number of hydrogen-bond acceptors (Lipinski definition) is 3. The first-order valence-electron chi connectivity index (χ1n) is 6.19. The number of nitrogen functional groups attached to an aromatic ring is 1. The van der Waals surface area contributed by atoms with Gasteiger partial charge in [-0.05, 0) is 40.3 Å². The summed E-state index contributed by atoms with van der Waals surface area (Å²) < 4.78 is 0.777. The third kappa shape index (κ3) is 2.66. The fraction of sp³-hybridized carbons (Fsp3) is 0.538. The lowest BCUT2D eigenvalue weighted by molar-refractivity contribution is 0.0784. The fourth-order valence-electron chi connectivity index (χ4n) is 2.31. The summed E-state index contributed by atoms with van der Waals surface area (Å²) in [5.41, 5.74) is 6.27. The summed E-state index contributed by atoms with van der Waals surface area (Å²) in [7, 11) is 0. The zero-order valence-electron chi connectivity index (χ0n) is 10.7. The summed E-state index contributed by atoms with van der Waals surface area (Å²) in [5.74, 6) is 1.50. The number of nitrogens with two attached hydrogens (primary N) is 1. The van der Waals surface area contributed by atoms with E-state index in [1.165, 1.54) is 0 Å². The molecule has 2 N–H and O–H groups in total. The van der Waals surface area contributed by atoms with Crippen LogP contribution in [0.1, 0.15) is 30.6 Å². The van der Waals surface area contributed by atoms with E-state index in [0.717, 1.165) is 24.0 Å². The van der Waals surface area contributed by atoms with Crippen molar-refractivity contribution in [2.45, 2.75) is 20.3 Å². The molecule has 0 spiro atoms. The number of carbonyl (C=O) groups is 1. The van der Waals surface area contributed by atoms with Crippen molar-refractivity contribution >= 4 is 27.7 Å². The van der Waals surface area contributed by atoms with Crippen LogP contribution >= 0.6 is 15.9 Å². The van der Waals surface area contributed by atoms with Gasteiger partial charge in [-0.2, -0.15) is 0 Å². The maximum atomic E-state index is 12.4. The predicted octanol–water partition coefficient (Wildman–Crippen LogP) is 2.54. The van der Waals surface area contributed by atoms with Crippen molar-refractivity contribution in [1.29, 1.82) is 0 Å². The Morgan fingerprint density at radius 3 is 2.94 bits per heavy atom. The highest BCUT2D eigenvalue weighted by atomic mass is 79.9. The molecule has 0 saturated carbocycles. The molecule has 1 amide bonds. The molecule has 1 aliphatic rings. The summed E-state index contributed by atoms with van der Waals surface area (Å²) in [4.78, 5) is 18.3. The molecule has 4 nitrogen and oxygen atoms in total. The van der Waals surface area contributed by atoms with Crippen molar-refractivity contribution in [2.75, 3.05) is 18.8 Å². The number of carbonyl (C=O) groups excluding carboxylic acids is 1. The van der Waals surface area contributed by atoms with Crippen molar-refractivity contribution < 1.29 is 4.79 Å². The smallest absolute Gasteiger partial charge is 0.257 e. The lowest BCUT2D eigenvalue weighted by Crippen LogP contribution is -2.30. The van der Waals surface area contributed by atoms with Crippen molar-refractivity contribution in [3.63, 3.8) is 0 Å². The average molecular weight is 312 g/mol.